The molecule has 0 unspecified atom stereocenters. The molecule has 1 aromatic carbocycles. The number of aliphatic hydroxyl groups is 1. The molecule has 164 valence electrons. The molecule has 0 bridgehead atoms. The molecule has 0 aromatic heterocycles. The zero-order chi connectivity index (χ0) is 21.5. The van der Waals surface area contributed by atoms with E-state index in [2.05, 4.69) is 9.80 Å². The van der Waals surface area contributed by atoms with Crippen LogP contribution in [0.5, 0.6) is 5.75 Å². The van der Waals surface area contributed by atoms with Gasteiger partial charge in [0.1, 0.15) is 5.75 Å². The maximum absolute atomic E-state index is 13.5. The second-order valence-corrected chi connectivity index (χ2v) is 9.27. The number of hydrogen-bond acceptors (Lipinski definition) is 5. The van der Waals surface area contributed by atoms with E-state index in [0.717, 1.165) is 81.4 Å². The fourth-order valence-corrected chi connectivity index (χ4v) is 5.62. The minimum absolute atomic E-state index is 0.203. The van der Waals surface area contributed by atoms with Gasteiger partial charge in [0.2, 0.25) is 5.91 Å². The van der Waals surface area contributed by atoms with Gasteiger partial charge in [-0.15, -0.1) is 0 Å². The lowest BCUT2D eigenvalue weighted by molar-refractivity contribution is -0.139. The monoisotopic (exact) mass is 415 g/mol. The molecule has 1 atom stereocenters. The van der Waals surface area contributed by atoms with Crippen LogP contribution in [-0.2, 0) is 4.79 Å². The molecule has 3 N–H and O–H groups in total. The van der Waals surface area contributed by atoms with Crippen molar-refractivity contribution >= 4 is 17.7 Å². The van der Waals surface area contributed by atoms with Crippen LogP contribution in [0.3, 0.4) is 0 Å². The van der Waals surface area contributed by atoms with Crippen molar-refractivity contribution in [3.63, 3.8) is 0 Å². The van der Waals surface area contributed by atoms with Crippen molar-refractivity contribution in [2.75, 3.05) is 24.5 Å². The number of anilines is 1. The first kappa shape index (κ1) is 21.0. The molecule has 3 fully saturated rings. The number of amides is 2. The number of primary amides is 1. The molecular weight excluding hydrogens is 382 g/mol. The SMILES string of the molecule is Cc1c(OC(N)=O)ccc(N2CCC[C@@]3(CCN(C4CCC(O)CC4)C3=O)C2)c1C. The number of ether oxygens (including phenoxy) is 1. The summed E-state index contributed by atoms with van der Waals surface area (Å²) in [6.07, 6.45) is 5.23. The van der Waals surface area contributed by atoms with Gasteiger partial charge >= 0.3 is 6.09 Å². The summed E-state index contributed by atoms with van der Waals surface area (Å²) in [5.74, 6) is 0.787. The number of nitrogens with zero attached hydrogens (tertiary/aromatic N) is 2. The molecule has 0 radical (unpaired) electrons. The minimum atomic E-state index is -0.811. The fraction of sp³-hybridized carbons (Fsp3) is 0.652. The van der Waals surface area contributed by atoms with Crippen LogP contribution in [0.1, 0.15) is 56.1 Å². The number of hydrogen-bond donors (Lipinski definition) is 2. The summed E-state index contributed by atoms with van der Waals surface area (Å²) in [6.45, 7) is 6.43. The Morgan fingerprint density at radius 1 is 1.13 bits per heavy atom. The predicted octanol–water partition coefficient (Wildman–Crippen LogP) is 2.88. The molecule has 30 heavy (non-hydrogen) atoms. The van der Waals surface area contributed by atoms with E-state index in [1.807, 2.05) is 19.9 Å². The summed E-state index contributed by atoms with van der Waals surface area (Å²) in [6, 6.07) is 4.05. The molecular formula is C23H33N3O4. The summed E-state index contributed by atoms with van der Waals surface area (Å²) < 4.78 is 5.11. The van der Waals surface area contributed by atoms with E-state index in [1.165, 1.54) is 0 Å². The number of nitrogens with two attached hydrogens (primary N) is 1. The van der Waals surface area contributed by atoms with Gasteiger partial charge in [-0.25, -0.2) is 4.79 Å². The van der Waals surface area contributed by atoms with Gasteiger partial charge in [0.05, 0.1) is 11.5 Å². The average molecular weight is 416 g/mol. The summed E-state index contributed by atoms with van der Waals surface area (Å²) in [5, 5.41) is 9.81. The van der Waals surface area contributed by atoms with Crippen LogP contribution < -0.4 is 15.4 Å². The normalized spacial score (nSPS) is 29.5. The molecule has 2 saturated heterocycles. The van der Waals surface area contributed by atoms with Crippen LogP contribution in [0.2, 0.25) is 0 Å². The molecule has 7 nitrogen and oxygen atoms in total. The Morgan fingerprint density at radius 3 is 2.57 bits per heavy atom. The number of carbonyl (C=O) groups excluding carboxylic acids is 2. The Hall–Kier alpha value is -2.28. The van der Waals surface area contributed by atoms with Crippen molar-refractivity contribution < 1.29 is 19.4 Å². The number of aliphatic hydroxyl groups excluding tert-OH is 1. The Kier molecular flexibility index (Phi) is 5.66. The van der Waals surface area contributed by atoms with Crippen molar-refractivity contribution in [3.05, 3.63) is 23.3 Å². The Labute approximate surface area is 178 Å². The third kappa shape index (κ3) is 3.75. The number of carbonyl (C=O) groups is 2. The summed E-state index contributed by atoms with van der Waals surface area (Å²) >= 11 is 0. The first-order valence-electron chi connectivity index (χ1n) is 11.1. The molecule has 7 heteroatoms. The fourth-order valence-electron chi connectivity index (χ4n) is 5.62. The number of rotatable bonds is 3. The van der Waals surface area contributed by atoms with Crippen molar-refractivity contribution in [1.82, 2.24) is 4.90 Å². The van der Waals surface area contributed by atoms with E-state index >= 15 is 0 Å². The van der Waals surface area contributed by atoms with E-state index in [4.69, 9.17) is 10.5 Å². The lowest BCUT2D eigenvalue weighted by Crippen LogP contribution is -2.50. The van der Waals surface area contributed by atoms with E-state index in [1.54, 1.807) is 6.07 Å². The molecule has 1 aliphatic carbocycles. The van der Waals surface area contributed by atoms with Crippen LogP contribution in [0.4, 0.5) is 10.5 Å². The first-order chi connectivity index (χ1) is 14.3. The highest BCUT2D eigenvalue weighted by atomic mass is 16.5. The Morgan fingerprint density at radius 2 is 1.87 bits per heavy atom. The standard InChI is InChI=1S/C23H33N3O4/c1-15-16(2)20(30-22(24)29)9-8-19(15)25-12-3-10-23(14-25)11-13-26(21(23)28)17-4-6-18(27)7-5-17/h8-9,17-18,27H,3-7,10-14H2,1-2H3,(H2,24,29)/t17?,18?,23-/m1/s1. The molecule has 2 aliphatic heterocycles. The van der Waals surface area contributed by atoms with E-state index in [0.29, 0.717) is 11.7 Å². The van der Waals surface area contributed by atoms with Crippen molar-refractivity contribution in [3.8, 4) is 5.75 Å². The summed E-state index contributed by atoms with van der Waals surface area (Å²) in [5.41, 5.74) is 7.90. The molecule has 1 aromatic rings. The quantitative estimate of drug-likeness (QED) is 0.791. The van der Waals surface area contributed by atoms with Gasteiger partial charge in [0.25, 0.3) is 0 Å². The highest BCUT2D eigenvalue weighted by Crippen LogP contribution is 2.44. The van der Waals surface area contributed by atoms with E-state index < -0.39 is 6.09 Å². The third-order valence-electron chi connectivity index (χ3n) is 7.49. The van der Waals surface area contributed by atoms with Crippen LogP contribution in [-0.4, -0.2) is 53.8 Å². The Bertz CT molecular complexity index is 834. The lowest BCUT2D eigenvalue weighted by atomic mass is 9.78. The van der Waals surface area contributed by atoms with Gasteiger partial charge in [-0.2, -0.15) is 0 Å². The molecule has 2 heterocycles. The second-order valence-electron chi connectivity index (χ2n) is 9.27. The predicted molar refractivity (Wildman–Crippen MR) is 115 cm³/mol. The van der Waals surface area contributed by atoms with Gasteiger partial charge in [0, 0.05) is 31.4 Å². The minimum Gasteiger partial charge on any atom is -0.410 e. The summed E-state index contributed by atoms with van der Waals surface area (Å²) in [4.78, 5) is 29.1. The molecule has 3 aliphatic rings. The lowest BCUT2D eigenvalue weighted by Gasteiger charge is -2.42. The number of benzene rings is 1. The van der Waals surface area contributed by atoms with Crippen molar-refractivity contribution in [2.45, 2.75) is 70.9 Å². The maximum atomic E-state index is 13.5. The highest BCUT2D eigenvalue weighted by Gasteiger charge is 2.50. The van der Waals surface area contributed by atoms with Crippen molar-refractivity contribution in [2.24, 2.45) is 11.1 Å². The van der Waals surface area contributed by atoms with Crippen LogP contribution in [0, 0.1) is 19.3 Å². The van der Waals surface area contributed by atoms with Gasteiger partial charge in [-0.05, 0) is 82.1 Å². The largest absolute Gasteiger partial charge is 0.410 e. The van der Waals surface area contributed by atoms with Gasteiger partial charge in [-0.3, -0.25) is 4.79 Å². The number of likely N-dealkylation sites (tertiary alicyclic amines) is 1. The topological polar surface area (TPSA) is 96.1 Å². The third-order valence-corrected chi connectivity index (χ3v) is 7.49. The van der Waals surface area contributed by atoms with Gasteiger partial charge in [0.15, 0.2) is 0 Å². The molecule has 1 saturated carbocycles. The van der Waals surface area contributed by atoms with Crippen LogP contribution in [0.15, 0.2) is 12.1 Å². The highest BCUT2D eigenvalue weighted by molar-refractivity contribution is 5.86. The zero-order valence-corrected chi connectivity index (χ0v) is 18.0. The second kappa shape index (κ2) is 8.10. The maximum Gasteiger partial charge on any atom is 0.409 e. The van der Waals surface area contributed by atoms with Gasteiger partial charge < -0.3 is 25.4 Å². The van der Waals surface area contributed by atoms with Crippen LogP contribution in [0.25, 0.3) is 0 Å². The van der Waals surface area contributed by atoms with E-state index in [-0.39, 0.29) is 17.6 Å². The van der Waals surface area contributed by atoms with Gasteiger partial charge in [-0.1, -0.05) is 0 Å². The first-order valence-corrected chi connectivity index (χ1v) is 11.1. The smallest absolute Gasteiger partial charge is 0.409 e. The average Bonchev–Trinajstić information content (AvgIpc) is 3.02. The van der Waals surface area contributed by atoms with E-state index in [9.17, 15) is 14.7 Å². The molecule has 2 amide bonds. The number of piperidine rings is 1. The van der Waals surface area contributed by atoms with Crippen molar-refractivity contribution in [1.29, 1.82) is 0 Å². The summed E-state index contributed by atoms with van der Waals surface area (Å²) in [7, 11) is 0. The molecule has 4 rings (SSSR count). The Balaban J connectivity index is 1.52. The zero-order valence-electron chi connectivity index (χ0n) is 18.0. The molecule has 1 spiro atoms. The van der Waals surface area contributed by atoms with Crippen LogP contribution >= 0.6 is 0 Å².